The zero-order valence-corrected chi connectivity index (χ0v) is 18.1. The lowest BCUT2D eigenvalue weighted by molar-refractivity contribution is -0.111. The molecule has 0 saturated carbocycles. The van der Waals surface area contributed by atoms with Gasteiger partial charge in [-0.15, -0.1) is 0 Å². The second-order valence-corrected chi connectivity index (χ2v) is 7.27. The summed E-state index contributed by atoms with van der Waals surface area (Å²) in [6, 6.07) is 6.64. The molecule has 15 heteroatoms. The lowest BCUT2D eigenvalue weighted by Gasteiger charge is -2.23. The molecule has 8 radical (unpaired) electrons. The second kappa shape index (κ2) is 10.9. The van der Waals surface area contributed by atoms with Crippen LogP contribution in [0.1, 0.15) is 16.1 Å². The molecule has 10 nitrogen and oxygen atoms in total. The number of pyridine rings is 1. The molecular weight excluding hydrogens is 454 g/mol. The highest BCUT2D eigenvalue weighted by molar-refractivity contribution is 6.58. The van der Waals surface area contributed by atoms with Gasteiger partial charge in [0, 0.05) is 23.4 Å². The molecule has 0 fully saturated rings. The number of ether oxygens (including phenoxy) is 2. The van der Waals surface area contributed by atoms with Gasteiger partial charge < -0.3 is 19.7 Å². The van der Waals surface area contributed by atoms with Gasteiger partial charge in [-0.3, -0.25) is 14.6 Å². The van der Waals surface area contributed by atoms with Crippen molar-refractivity contribution < 1.29 is 33.7 Å². The van der Waals surface area contributed by atoms with Crippen LogP contribution in [0, 0.1) is 5.82 Å². The monoisotopic (exact) mass is 470 g/mol. The summed E-state index contributed by atoms with van der Waals surface area (Å²) in [5.41, 5.74) is 0.386. The average Bonchev–Trinajstić information content (AvgIpc) is 2.78. The minimum absolute atomic E-state index is 0.0366. The van der Waals surface area contributed by atoms with Crippen LogP contribution in [0.5, 0.6) is 11.6 Å². The average molecular weight is 470 g/mol. The molecule has 3 N–H and O–H groups in total. The van der Waals surface area contributed by atoms with Crippen LogP contribution in [-0.2, 0) is 11.4 Å². The van der Waals surface area contributed by atoms with E-state index in [9.17, 15) is 9.18 Å². The van der Waals surface area contributed by atoms with Crippen molar-refractivity contribution in [3.05, 3.63) is 66.0 Å². The van der Waals surface area contributed by atoms with E-state index in [1.165, 1.54) is 36.8 Å². The van der Waals surface area contributed by atoms with Crippen molar-refractivity contribution in [2.45, 2.75) is 17.6 Å². The number of aromatic nitrogens is 3. The summed E-state index contributed by atoms with van der Waals surface area (Å²) < 4.78 is 24.1. The first-order valence-electron chi connectivity index (χ1n) is 9.81. The third kappa shape index (κ3) is 8.39. The number of rotatable bonds is 10. The summed E-state index contributed by atoms with van der Waals surface area (Å²) in [5, 5.41) is 16.2. The van der Waals surface area contributed by atoms with Crippen LogP contribution in [0.25, 0.3) is 11.3 Å². The highest BCUT2D eigenvalue weighted by Crippen LogP contribution is 2.20. The Morgan fingerprint density at radius 3 is 2.51 bits per heavy atom. The van der Waals surface area contributed by atoms with E-state index in [2.05, 4.69) is 20.4 Å². The third-order valence-electron chi connectivity index (χ3n) is 4.04. The van der Waals surface area contributed by atoms with Gasteiger partial charge in [-0.05, 0) is 29.6 Å². The highest BCUT2D eigenvalue weighted by Gasteiger charge is 2.16. The van der Waals surface area contributed by atoms with Crippen molar-refractivity contribution in [2.75, 3.05) is 6.61 Å². The van der Waals surface area contributed by atoms with Crippen LogP contribution in [0.4, 0.5) is 4.39 Å². The van der Waals surface area contributed by atoms with E-state index in [-0.39, 0.29) is 29.5 Å². The SMILES string of the molecule is [B]C(O)(O)COc1ccc(-c2cncc(C(=O)NOCc3cc(OC([B])([B])[B])ccc3F)n2)cn1. The molecule has 35 heavy (non-hydrogen) atoms. The largest absolute Gasteiger partial charge is 0.516 e. The van der Waals surface area contributed by atoms with Crippen molar-refractivity contribution in [1.82, 2.24) is 20.4 Å². The molecule has 2 aromatic heterocycles. The Morgan fingerprint density at radius 1 is 1.09 bits per heavy atom. The Labute approximate surface area is 204 Å². The fraction of sp³-hybridized carbons (Fsp3) is 0.200. The van der Waals surface area contributed by atoms with Gasteiger partial charge in [0.2, 0.25) is 5.88 Å². The number of hydrogen-bond acceptors (Lipinski definition) is 9. The number of benzene rings is 1. The maximum absolute atomic E-state index is 14.0. The molecule has 170 valence electrons. The van der Waals surface area contributed by atoms with Crippen LogP contribution in [-0.4, -0.2) is 80.0 Å². The van der Waals surface area contributed by atoms with Gasteiger partial charge in [-0.25, -0.2) is 19.8 Å². The van der Waals surface area contributed by atoms with Gasteiger partial charge in [0.25, 0.3) is 5.91 Å². The lowest BCUT2D eigenvalue weighted by atomic mass is 9.52. The second-order valence-electron chi connectivity index (χ2n) is 7.27. The number of hydroxylamine groups is 1. The standard InChI is InChI=1S/C20H15B4FN4O6/c21-19(31,32)10-33-17-4-1-11(6-27-17)15-7-26-8-16(28-15)18(30)29-34-9-12-5-13(2-3-14(12)25)35-20(22,23)24/h1-8,31-32H,9-10H2,(H,29,30). The fourth-order valence-electron chi connectivity index (χ4n) is 2.57. The topological polar surface area (TPSA) is 136 Å². The van der Waals surface area contributed by atoms with Crippen molar-refractivity contribution in [3.8, 4) is 22.9 Å². The number of hydrogen-bond donors (Lipinski definition) is 3. The molecule has 0 saturated heterocycles. The predicted molar refractivity (Wildman–Crippen MR) is 123 cm³/mol. The van der Waals surface area contributed by atoms with E-state index in [0.29, 0.717) is 11.3 Å². The first-order valence-corrected chi connectivity index (χ1v) is 9.81. The molecule has 0 spiro atoms. The van der Waals surface area contributed by atoms with Crippen LogP contribution >= 0.6 is 0 Å². The van der Waals surface area contributed by atoms with E-state index in [1.54, 1.807) is 6.07 Å². The van der Waals surface area contributed by atoms with E-state index in [4.69, 9.17) is 55.9 Å². The molecule has 3 aromatic rings. The minimum Gasteiger partial charge on any atom is -0.516 e. The van der Waals surface area contributed by atoms with Gasteiger partial charge in [0.1, 0.15) is 59.7 Å². The van der Waals surface area contributed by atoms with Crippen LogP contribution in [0.3, 0.4) is 0 Å². The first kappa shape index (κ1) is 26.2. The van der Waals surface area contributed by atoms with Gasteiger partial charge in [-0.2, -0.15) is 0 Å². The Kier molecular flexibility index (Phi) is 8.15. The molecule has 0 aliphatic rings. The number of halogens is 1. The highest BCUT2D eigenvalue weighted by atomic mass is 19.1. The zero-order valence-electron chi connectivity index (χ0n) is 18.1. The summed E-state index contributed by atoms with van der Waals surface area (Å²) in [5.74, 6) is -1.18. The van der Waals surface area contributed by atoms with Crippen LogP contribution in [0.2, 0.25) is 0 Å². The number of aliphatic hydroxyl groups is 2. The number of carbonyl (C=O) groups is 1. The van der Waals surface area contributed by atoms with E-state index in [1.807, 2.05) is 0 Å². The number of amides is 1. The van der Waals surface area contributed by atoms with E-state index in [0.717, 1.165) is 6.07 Å². The van der Waals surface area contributed by atoms with Gasteiger partial charge in [0.15, 0.2) is 7.85 Å². The maximum atomic E-state index is 14.0. The molecule has 0 unspecified atom stereocenters. The summed E-state index contributed by atoms with van der Waals surface area (Å²) >= 11 is 0. The van der Waals surface area contributed by atoms with Crippen molar-refractivity contribution in [3.63, 3.8) is 0 Å². The molecule has 1 amide bonds. The molecule has 2 heterocycles. The van der Waals surface area contributed by atoms with Crippen molar-refractivity contribution in [2.24, 2.45) is 0 Å². The van der Waals surface area contributed by atoms with E-state index >= 15 is 0 Å². The minimum atomic E-state index is -2.50. The number of nitrogens with one attached hydrogen (secondary N) is 1. The Balaban J connectivity index is 1.60. The first-order chi connectivity index (χ1) is 16.4. The quantitative estimate of drug-likeness (QED) is 0.198. The van der Waals surface area contributed by atoms with Crippen LogP contribution < -0.4 is 15.0 Å². The summed E-state index contributed by atoms with van der Waals surface area (Å²) in [4.78, 5) is 29.6. The smallest absolute Gasteiger partial charge is 0.295 e. The summed E-state index contributed by atoms with van der Waals surface area (Å²) in [6.07, 6.45) is 3.98. The number of carbonyl (C=O) groups excluding carboxylic acids is 1. The zero-order chi connectivity index (χ0) is 25.6. The molecule has 0 aliphatic heterocycles. The maximum Gasteiger partial charge on any atom is 0.295 e. The number of nitrogens with zero attached hydrogens (tertiary/aromatic N) is 3. The van der Waals surface area contributed by atoms with E-state index < -0.39 is 29.3 Å². The molecule has 0 aliphatic carbocycles. The van der Waals surface area contributed by atoms with Crippen molar-refractivity contribution >= 4 is 37.3 Å². The molecular formula is C20H15B4FN4O6. The Hall–Kier alpha value is -3.41. The van der Waals surface area contributed by atoms with Crippen LogP contribution in [0.15, 0.2) is 48.9 Å². The third-order valence-corrected chi connectivity index (χ3v) is 4.04. The summed E-state index contributed by atoms with van der Waals surface area (Å²) in [6.45, 7) is -0.949. The fourth-order valence-corrected chi connectivity index (χ4v) is 2.57. The molecule has 1 aromatic carbocycles. The van der Waals surface area contributed by atoms with Gasteiger partial charge in [-0.1, -0.05) is 0 Å². The Morgan fingerprint density at radius 2 is 1.86 bits per heavy atom. The Bertz CT molecular complexity index is 1180. The lowest BCUT2D eigenvalue weighted by Crippen LogP contribution is -2.37. The summed E-state index contributed by atoms with van der Waals surface area (Å²) in [7, 11) is 21.1. The molecule has 3 rings (SSSR count). The van der Waals surface area contributed by atoms with Crippen molar-refractivity contribution in [1.29, 1.82) is 0 Å². The molecule has 0 bridgehead atoms. The predicted octanol–water partition coefficient (Wildman–Crippen LogP) is -0.779. The van der Waals surface area contributed by atoms with Gasteiger partial charge >= 0.3 is 0 Å². The van der Waals surface area contributed by atoms with Gasteiger partial charge in [0.05, 0.1) is 18.1 Å². The normalized spacial score (nSPS) is 11.6. The molecule has 0 atom stereocenters.